The Morgan fingerprint density at radius 3 is 2.67 bits per heavy atom. The Morgan fingerprint density at radius 1 is 1.26 bits per heavy atom. The molecule has 0 aliphatic rings. The molecule has 0 aliphatic carbocycles. The highest BCUT2D eigenvalue weighted by molar-refractivity contribution is 5.85. The number of nitrogens with zero attached hydrogens (tertiary/aromatic N) is 3. The summed E-state index contributed by atoms with van der Waals surface area (Å²) in [5.74, 6) is 1.40. The van der Waals surface area contributed by atoms with E-state index in [0.717, 1.165) is 11.1 Å². The fourth-order valence-corrected chi connectivity index (χ4v) is 2.44. The largest absolute Gasteiger partial charge is 0.389 e. The van der Waals surface area contributed by atoms with Gasteiger partial charge in [0.1, 0.15) is 17.7 Å². The van der Waals surface area contributed by atoms with Gasteiger partial charge in [-0.05, 0) is 19.4 Å². The number of allylic oxidation sites excluding steroid dienone is 3. The number of nitrogens with one attached hydrogen (secondary N) is 2. The first-order chi connectivity index (χ1) is 13.2. The molecule has 138 valence electrons. The van der Waals surface area contributed by atoms with Gasteiger partial charge in [-0.2, -0.15) is 0 Å². The zero-order valence-electron chi connectivity index (χ0n) is 15.4. The van der Waals surface area contributed by atoms with Crippen molar-refractivity contribution in [2.45, 2.75) is 26.5 Å². The summed E-state index contributed by atoms with van der Waals surface area (Å²) < 4.78 is 0. The van der Waals surface area contributed by atoms with Crippen molar-refractivity contribution in [1.82, 2.24) is 19.9 Å². The van der Waals surface area contributed by atoms with Crippen molar-refractivity contribution in [1.29, 1.82) is 0 Å². The highest BCUT2D eigenvalue weighted by Gasteiger charge is 2.11. The number of imidazole rings is 1. The molecule has 0 saturated carbocycles. The van der Waals surface area contributed by atoms with Gasteiger partial charge in [0.25, 0.3) is 0 Å². The van der Waals surface area contributed by atoms with Crippen molar-refractivity contribution in [3.05, 3.63) is 66.3 Å². The molecule has 0 spiro atoms. The number of aromatic nitrogens is 4. The van der Waals surface area contributed by atoms with Gasteiger partial charge in [-0.25, -0.2) is 15.0 Å². The summed E-state index contributed by atoms with van der Waals surface area (Å²) in [7, 11) is 0. The SMILES string of the molecule is C#C.C/C=C(\C=C/C(C)O)c1nc2ncnc(NCc3ccccc3)c2[nH]1. The molecule has 3 rings (SSSR count). The lowest BCUT2D eigenvalue weighted by molar-refractivity contribution is 0.244. The number of hydrogen-bond acceptors (Lipinski definition) is 5. The second-order valence-electron chi connectivity index (χ2n) is 5.69. The van der Waals surface area contributed by atoms with Crippen molar-refractivity contribution >= 4 is 22.6 Å². The topological polar surface area (TPSA) is 86.7 Å². The Kier molecular flexibility index (Phi) is 7.29. The van der Waals surface area contributed by atoms with Crippen LogP contribution in [0.15, 0.2) is 54.9 Å². The molecule has 0 fully saturated rings. The molecule has 1 atom stereocenters. The number of terminal acetylenes is 1. The van der Waals surface area contributed by atoms with Crippen molar-refractivity contribution in [3.8, 4) is 12.8 Å². The number of aliphatic hydroxyl groups excluding tert-OH is 1. The summed E-state index contributed by atoms with van der Waals surface area (Å²) >= 11 is 0. The molecule has 2 aromatic heterocycles. The predicted molar refractivity (Wildman–Crippen MR) is 110 cm³/mol. The van der Waals surface area contributed by atoms with Gasteiger partial charge in [0.05, 0.1) is 6.10 Å². The smallest absolute Gasteiger partial charge is 0.183 e. The van der Waals surface area contributed by atoms with Gasteiger partial charge >= 0.3 is 0 Å². The lowest BCUT2D eigenvalue weighted by Gasteiger charge is -2.05. The van der Waals surface area contributed by atoms with E-state index in [2.05, 4.69) is 50.2 Å². The van der Waals surface area contributed by atoms with E-state index in [-0.39, 0.29) is 0 Å². The second-order valence-corrected chi connectivity index (χ2v) is 5.69. The highest BCUT2D eigenvalue weighted by Crippen LogP contribution is 2.21. The summed E-state index contributed by atoms with van der Waals surface area (Å²) in [6.07, 6.45) is 14.5. The number of fused-ring (bicyclic) bond motifs is 1. The summed E-state index contributed by atoms with van der Waals surface area (Å²) in [5.41, 5.74) is 3.42. The van der Waals surface area contributed by atoms with Crippen LogP contribution < -0.4 is 5.32 Å². The molecule has 6 heteroatoms. The maximum atomic E-state index is 9.43. The van der Waals surface area contributed by atoms with Crippen molar-refractivity contribution in [2.75, 3.05) is 5.32 Å². The Hall–Kier alpha value is -3.43. The zero-order chi connectivity index (χ0) is 19.6. The number of hydrogen-bond donors (Lipinski definition) is 3. The van der Waals surface area contributed by atoms with Crippen LogP contribution in [0.4, 0.5) is 5.82 Å². The molecule has 1 aromatic carbocycles. The van der Waals surface area contributed by atoms with Gasteiger partial charge in [-0.3, -0.25) is 0 Å². The van der Waals surface area contributed by atoms with E-state index in [0.29, 0.717) is 23.8 Å². The fourth-order valence-electron chi connectivity index (χ4n) is 2.44. The molecular formula is C21H23N5O. The molecular weight excluding hydrogens is 338 g/mol. The molecule has 3 aromatic rings. The van der Waals surface area contributed by atoms with Crippen molar-refractivity contribution in [2.24, 2.45) is 0 Å². The molecule has 0 aliphatic heterocycles. The van der Waals surface area contributed by atoms with E-state index in [1.165, 1.54) is 11.9 Å². The minimum absolute atomic E-state index is 0.512. The summed E-state index contributed by atoms with van der Waals surface area (Å²) in [6, 6.07) is 10.1. The van der Waals surface area contributed by atoms with E-state index in [9.17, 15) is 5.11 Å². The average molecular weight is 361 g/mol. The zero-order valence-corrected chi connectivity index (χ0v) is 15.4. The quantitative estimate of drug-likeness (QED) is 0.462. The molecule has 0 saturated heterocycles. The number of anilines is 1. The molecule has 0 radical (unpaired) electrons. The first kappa shape index (κ1) is 19.9. The van der Waals surface area contributed by atoms with E-state index >= 15 is 0 Å². The lowest BCUT2D eigenvalue weighted by Crippen LogP contribution is -2.02. The molecule has 0 amide bonds. The van der Waals surface area contributed by atoms with Crippen LogP contribution >= 0.6 is 0 Å². The van der Waals surface area contributed by atoms with Crippen LogP contribution in [0.5, 0.6) is 0 Å². The first-order valence-corrected chi connectivity index (χ1v) is 8.52. The number of benzene rings is 1. The predicted octanol–water partition coefficient (Wildman–Crippen LogP) is 3.55. The molecule has 6 nitrogen and oxygen atoms in total. The van der Waals surface area contributed by atoms with Gasteiger partial charge < -0.3 is 15.4 Å². The normalized spacial score (nSPS) is 12.6. The second kappa shape index (κ2) is 9.90. The van der Waals surface area contributed by atoms with E-state index in [1.807, 2.05) is 37.3 Å². The number of rotatable bonds is 6. The van der Waals surface area contributed by atoms with Crippen LogP contribution in [0.3, 0.4) is 0 Å². The number of H-pyrrole nitrogens is 1. The fraction of sp³-hybridized carbons (Fsp3) is 0.190. The molecule has 0 bridgehead atoms. The van der Waals surface area contributed by atoms with Crippen LogP contribution in [0.25, 0.3) is 16.7 Å². The van der Waals surface area contributed by atoms with E-state index in [1.54, 1.807) is 13.0 Å². The van der Waals surface area contributed by atoms with Crippen LogP contribution in [0.1, 0.15) is 25.2 Å². The minimum Gasteiger partial charge on any atom is -0.389 e. The van der Waals surface area contributed by atoms with Crippen LogP contribution in [0.2, 0.25) is 0 Å². The Morgan fingerprint density at radius 2 is 2.00 bits per heavy atom. The van der Waals surface area contributed by atoms with Crippen molar-refractivity contribution in [3.63, 3.8) is 0 Å². The van der Waals surface area contributed by atoms with Crippen LogP contribution in [-0.2, 0) is 6.54 Å². The Balaban J connectivity index is 0.00000126. The van der Waals surface area contributed by atoms with E-state index < -0.39 is 6.10 Å². The third-order valence-corrected chi connectivity index (χ3v) is 3.73. The molecule has 27 heavy (non-hydrogen) atoms. The number of aliphatic hydroxyl groups is 1. The lowest BCUT2D eigenvalue weighted by atomic mass is 10.2. The third kappa shape index (κ3) is 5.27. The Labute approximate surface area is 159 Å². The van der Waals surface area contributed by atoms with Gasteiger partial charge in [0.2, 0.25) is 0 Å². The summed E-state index contributed by atoms with van der Waals surface area (Å²) in [4.78, 5) is 16.4. The van der Waals surface area contributed by atoms with Crippen molar-refractivity contribution < 1.29 is 5.11 Å². The average Bonchev–Trinajstić information content (AvgIpc) is 3.13. The van der Waals surface area contributed by atoms with Gasteiger partial charge in [0.15, 0.2) is 11.5 Å². The molecule has 2 heterocycles. The highest BCUT2D eigenvalue weighted by atomic mass is 16.3. The van der Waals surface area contributed by atoms with Gasteiger partial charge in [-0.1, -0.05) is 48.6 Å². The monoisotopic (exact) mass is 361 g/mol. The number of aromatic amines is 1. The minimum atomic E-state index is -0.512. The molecule has 1 unspecified atom stereocenters. The molecule has 3 N–H and O–H groups in total. The summed E-state index contributed by atoms with van der Waals surface area (Å²) in [6.45, 7) is 4.30. The third-order valence-electron chi connectivity index (χ3n) is 3.73. The first-order valence-electron chi connectivity index (χ1n) is 8.52. The maximum Gasteiger partial charge on any atom is 0.183 e. The van der Waals surface area contributed by atoms with Gasteiger partial charge in [-0.15, -0.1) is 12.8 Å². The van der Waals surface area contributed by atoms with Crippen LogP contribution in [0, 0.1) is 12.8 Å². The van der Waals surface area contributed by atoms with Crippen LogP contribution in [-0.4, -0.2) is 31.1 Å². The Bertz CT molecular complexity index is 939. The maximum absolute atomic E-state index is 9.43. The van der Waals surface area contributed by atoms with Gasteiger partial charge in [0, 0.05) is 12.1 Å². The van der Waals surface area contributed by atoms with E-state index in [4.69, 9.17) is 0 Å². The summed E-state index contributed by atoms with van der Waals surface area (Å²) in [5, 5.41) is 12.8. The standard InChI is InChI=1S/C19H21N5O.C2H2/c1-3-15(10-9-13(2)25)17-23-16-18(21-12-22-19(16)24-17)20-11-14-7-5-4-6-8-14;1-2/h3-10,12-13,25H,11H2,1-2H3,(H2,20,21,22,23,24);1-2H/b10-9-,15-3+;.